The van der Waals surface area contributed by atoms with Crippen LogP contribution in [-0.4, -0.2) is 15.6 Å². The van der Waals surface area contributed by atoms with E-state index in [-0.39, 0.29) is 5.56 Å². The van der Waals surface area contributed by atoms with Crippen molar-refractivity contribution in [3.05, 3.63) is 71.7 Å². The molecule has 0 amide bonds. The first-order valence-electron chi connectivity index (χ1n) is 6.21. The van der Waals surface area contributed by atoms with Gasteiger partial charge in [-0.05, 0) is 35.7 Å². The molecule has 0 atom stereocenters. The summed E-state index contributed by atoms with van der Waals surface area (Å²) in [6.07, 6.45) is 1.87. The number of nitrogens with zero attached hydrogens (tertiary/aromatic N) is 1. The molecule has 0 aliphatic heterocycles. The zero-order valence-corrected chi connectivity index (χ0v) is 10.6. The Balaban J connectivity index is 2.02. The Hall–Kier alpha value is -2.62. The number of rotatable bonds is 3. The highest BCUT2D eigenvalue weighted by molar-refractivity contribution is 5.87. The normalized spacial score (nSPS) is 10.8. The number of hydrogen-bond acceptors (Lipinski definition) is 1. The number of carboxylic acid groups (broad SMARTS) is 1. The Labute approximate surface area is 114 Å². The molecule has 0 saturated heterocycles. The van der Waals surface area contributed by atoms with Gasteiger partial charge in [0, 0.05) is 17.3 Å². The Morgan fingerprint density at radius 2 is 1.95 bits per heavy atom. The Morgan fingerprint density at radius 3 is 2.75 bits per heavy atom. The van der Waals surface area contributed by atoms with E-state index in [1.165, 1.54) is 18.2 Å². The van der Waals surface area contributed by atoms with E-state index in [0.717, 1.165) is 10.9 Å². The average Bonchev–Trinajstić information content (AvgIpc) is 2.84. The second-order valence-electron chi connectivity index (χ2n) is 4.61. The third-order valence-corrected chi connectivity index (χ3v) is 3.31. The lowest BCUT2D eigenvalue weighted by Gasteiger charge is -2.08. The summed E-state index contributed by atoms with van der Waals surface area (Å²) in [5, 5.41) is 10.0. The molecule has 0 saturated carbocycles. The number of benzene rings is 2. The number of halogens is 1. The first-order valence-corrected chi connectivity index (χ1v) is 6.21. The van der Waals surface area contributed by atoms with Crippen molar-refractivity contribution in [2.45, 2.75) is 6.54 Å². The minimum atomic E-state index is -1.05. The van der Waals surface area contributed by atoms with Crippen LogP contribution < -0.4 is 0 Å². The minimum Gasteiger partial charge on any atom is -0.478 e. The summed E-state index contributed by atoms with van der Waals surface area (Å²) in [7, 11) is 0. The van der Waals surface area contributed by atoms with Crippen LogP contribution >= 0.6 is 0 Å². The van der Waals surface area contributed by atoms with Gasteiger partial charge < -0.3 is 9.67 Å². The van der Waals surface area contributed by atoms with E-state index in [1.807, 2.05) is 41.1 Å². The van der Waals surface area contributed by atoms with Crippen LogP contribution in [0.1, 0.15) is 15.9 Å². The molecule has 3 nitrogen and oxygen atoms in total. The molecule has 0 bridgehead atoms. The van der Waals surface area contributed by atoms with Gasteiger partial charge in [-0.25, -0.2) is 9.18 Å². The van der Waals surface area contributed by atoms with Crippen LogP contribution in [-0.2, 0) is 6.54 Å². The Morgan fingerprint density at radius 1 is 1.15 bits per heavy atom. The summed E-state index contributed by atoms with van der Waals surface area (Å²) < 4.78 is 15.7. The summed E-state index contributed by atoms with van der Waals surface area (Å²) in [6, 6.07) is 13.6. The van der Waals surface area contributed by atoms with Gasteiger partial charge in [0.2, 0.25) is 0 Å². The van der Waals surface area contributed by atoms with Gasteiger partial charge in [0.15, 0.2) is 0 Å². The number of carboxylic acids is 1. The van der Waals surface area contributed by atoms with Gasteiger partial charge >= 0.3 is 5.97 Å². The maximum absolute atomic E-state index is 13.8. The SMILES string of the molecule is O=C(O)c1ccc(F)c(Cn2ccc3ccccc32)c1. The van der Waals surface area contributed by atoms with E-state index in [4.69, 9.17) is 5.11 Å². The molecule has 4 heteroatoms. The fourth-order valence-electron chi connectivity index (χ4n) is 2.29. The molecule has 3 aromatic rings. The van der Waals surface area contributed by atoms with Gasteiger partial charge in [0.25, 0.3) is 0 Å². The van der Waals surface area contributed by atoms with Crippen molar-refractivity contribution in [3.8, 4) is 0 Å². The maximum atomic E-state index is 13.8. The lowest BCUT2D eigenvalue weighted by Crippen LogP contribution is -2.04. The maximum Gasteiger partial charge on any atom is 0.335 e. The van der Waals surface area contributed by atoms with E-state index >= 15 is 0 Å². The Kier molecular flexibility index (Phi) is 2.99. The summed E-state index contributed by atoms with van der Waals surface area (Å²) in [4.78, 5) is 11.0. The van der Waals surface area contributed by atoms with Crippen LogP contribution in [0.5, 0.6) is 0 Å². The number of aromatic nitrogens is 1. The molecule has 0 radical (unpaired) electrons. The molecule has 1 N–H and O–H groups in total. The number of aromatic carboxylic acids is 1. The van der Waals surface area contributed by atoms with Gasteiger partial charge in [-0.15, -0.1) is 0 Å². The van der Waals surface area contributed by atoms with Gasteiger partial charge in [-0.3, -0.25) is 0 Å². The molecule has 0 aliphatic rings. The number of carbonyl (C=O) groups is 1. The van der Waals surface area contributed by atoms with Gasteiger partial charge in [-0.1, -0.05) is 18.2 Å². The van der Waals surface area contributed by atoms with Crippen molar-refractivity contribution in [1.29, 1.82) is 0 Å². The van der Waals surface area contributed by atoms with Crippen LogP contribution in [0, 0.1) is 5.82 Å². The minimum absolute atomic E-state index is 0.0952. The molecule has 0 spiro atoms. The third-order valence-electron chi connectivity index (χ3n) is 3.31. The van der Waals surface area contributed by atoms with E-state index in [0.29, 0.717) is 12.1 Å². The van der Waals surface area contributed by atoms with Crippen molar-refractivity contribution in [1.82, 2.24) is 4.57 Å². The lowest BCUT2D eigenvalue weighted by molar-refractivity contribution is 0.0696. The highest BCUT2D eigenvalue weighted by atomic mass is 19.1. The van der Waals surface area contributed by atoms with Crippen LogP contribution in [0.3, 0.4) is 0 Å². The number of hydrogen-bond donors (Lipinski definition) is 1. The van der Waals surface area contributed by atoms with Crippen LogP contribution in [0.15, 0.2) is 54.7 Å². The van der Waals surface area contributed by atoms with Crippen LogP contribution in [0.4, 0.5) is 4.39 Å². The zero-order valence-electron chi connectivity index (χ0n) is 10.6. The predicted octanol–water partition coefficient (Wildman–Crippen LogP) is 3.53. The average molecular weight is 269 g/mol. The fraction of sp³-hybridized carbons (Fsp3) is 0.0625. The third kappa shape index (κ3) is 2.16. The largest absolute Gasteiger partial charge is 0.478 e. The van der Waals surface area contributed by atoms with Crippen molar-refractivity contribution >= 4 is 16.9 Å². The molecular formula is C16H12FNO2. The summed E-state index contributed by atoms with van der Waals surface area (Å²) in [5.74, 6) is -1.45. The van der Waals surface area contributed by atoms with Crippen LogP contribution in [0.25, 0.3) is 10.9 Å². The molecular weight excluding hydrogens is 257 g/mol. The molecule has 100 valence electrons. The summed E-state index contributed by atoms with van der Waals surface area (Å²) in [5.41, 5.74) is 1.46. The zero-order chi connectivity index (χ0) is 14.1. The van der Waals surface area contributed by atoms with E-state index in [9.17, 15) is 9.18 Å². The van der Waals surface area contributed by atoms with Crippen molar-refractivity contribution in [2.75, 3.05) is 0 Å². The second-order valence-corrected chi connectivity index (χ2v) is 4.61. The first-order chi connectivity index (χ1) is 9.65. The molecule has 3 rings (SSSR count). The molecule has 0 fully saturated rings. The second kappa shape index (κ2) is 4.81. The van der Waals surface area contributed by atoms with Crippen molar-refractivity contribution < 1.29 is 14.3 Å². The highest BCUT2D eigenvalue weighted by Crippen LogP contribution is 2.19. The molecule has 0 unspecified atom stereocenters. The quantitative estimate of drug-likeness (QED) is 0.790. The predicted molar refractivity (Wildman–Crippen MR) is 74.4 cm³/mol. The Bertz CT molecular complexity index is 792. The molecule has 20 heavy (non-hydrogen) atoms. The van der Waals surface area contributed by atoms with Gasteiger partial charge in [0.05, 0.1) is 12.1 Å². The highest BCUT2D eigenvalue weighted by Gasteiger charge is 2.10. The number of para-hydroxylation sites is 1. The van der Waals surface area contributed by atoms with E-state index in [1.54, 1.807) is 0 Å². The van der Waals surface area contributed by atoms with E-state index < -0.39 is 11.8 Å². The monoisotopic (exact) mass is 269 g/mol. The molecule has 2 aromatic carbocycles. The van der Waals surface area contributed by atoms with E-state index in [2.05, 4.69) is 0 Å². The van der Waals surface area contributed by atoms with Gasteiger partial charge in [0.1, 0.15) is 5.82 Å². The topological polar surface area (TPSA) is 42.2 Å². The van der Waals surface area contributed by atoms with Crippen molar-refractivity contribution in [3.63, 3.8) is 0 Å². The van der Waals surface area contributed by atoms with Crippen LogP contribution in [0.2, 0.25) is 0 Å². The summed E-state index contributed by atoms with van der Waals surface area (Å²) in [6.45, 7) is 0.306. The molecule has 0 aliphatic carbocycles. The van der Waals surface area contributed by atoms with Gasteiger partial charge in [-0.2, -0.15) is 0 Å². The first kappa shape index (κ1) is 12.4. The standard InChI is InChI=1S/C16H12FNO2/c17-14-6-5-12(16(19)20)9-13(14)10-18-8-7-11-3-1-2-4-15(11)18/h1-9H,10H2,(H,19,20). The molecule has 1 aromatic heterocycles. The number of fused-ring (bicyclic) bond motifs is 1. The smallest absolute Gasteiger partial charge is 0.335 e. The lowest BCUT2D eigenvalue weighted by atomic mass is 10.1. The summed E-state index contributed by atoms with van der Waals surface area (Å²) >= 11 is 0. The molecule has 1 heterocycles. The fourth-order valence-corrected chi connectivity index (χ4v) is 2.29. The van der Waals surface area contributed by atoms with Crippen molar-refractivity contribution in [2.24, 2.45) is 0 Å².